The topological polar surface area (TPSA) is 53.4 Å². The Balaban J connectivity index is 1.68. The monoisotopic (exact) mass is 358 g/mol. The first kappa shape index (κ1) is 13.6. The van der Waals surface area contributed by atoms with Gasteiger partial charge in [0, 0.05) is 29.1 Å². The lowest BCUT2D eigenvalue weighted by molar-refractivity contribution is 0.0668. The molecule has 0 aliphatic carbocycles. The number of rotatable bonds is 1. The number of amides is 1. The van der Waals surface area contributed by atoms with Crippen molar-refractivity contribution in [2.75, 3.05) is 6.54 Å². The molecule has 4 rings (SSSR count). The van der Waals surface area contributed by atoms with E-state index < -0.39 is 0 Å². The fraction of sp³-hybridized carbons (Fsp3) is 0.250. The van der Waals surface area contributed by atoms with Gasteiger partial charge in [-0.2, -0.15) is 5.10 Å². The number of hydrogen-bond donors (Lipinski definition) is 1. The largest absolute Gasteiger partial charge is 0.363 e. The number of H-pyrrole nitrogens is 1. The van der Waals surface area contributed by atoms with E-state index in [0.29, 0.717) is 5.69 Å². The van der Waals surface area contributed by atoms with Gasteiger partial charge in [-0.1, -0.05) is 0 Å². The van der Waals surface area contributed by atoms with E-state index in [2.05, 4.69) is 39.0 Å². The molecule has 0 spiro atoms. The molecule has 0 saturated heterocycles. The molecule has 4 heterocycles. The lowest BCUT2D eigenvalue weighted by Gasteiger charge is -2.33. The van der Waals surface area contributed by atoms with Crippen LogP contribution < -0.4 is 0 Å². The van der Waals surface area contributed by atoms with E-state index in [1.54, 1.807) is 4.52 Å². The summed E-state index contributed by atoms with van der Waals surface area (Å²) in [6, 6.07) is 7.86. The highest BCUT2D eigenvalue weighted by Gasteiger charge is 2.30. The molecule has 1 atom stereocenters. The minimum absolute atomic E-state index is 0.0208. The van der Waals surface area contributed by atoms with E-state index in [-0.39, 0.29) is 11.9 Å². The number of hydrogen-bond acceptors (Lipinski definition) is 2. The Labute approximate surface area is 136 Å². The SMILES string of the molecule is CC1c2[nH]ccc2CCN1C(=O)c1cc2ccc(Br)cn2n1. The quantitative estimate of drug-likeness (QED) is 0.726. The van der Waals surface area contributed by atoms with Crippen LogP contribution >= 0.6 is 15.9 Å². The minimum Gasteiger partial charge on any atom is -0.363 e. The molecule has 0 radical (unpaired) electrons. The third-order valence-corrected chi connectivity index (χ3v) is 4.75. The highest BCUT2D eigenvalue weighted by atomic mass is 79.9. The van der Waals surface area contributed by atoms with Crippen LogP contribution in [0, 0.1) is 0 Å². The first-order chi connectivity index (χ1) is 10.6. The average Bonchev–Trinajstić information content (AvgIpc) is 3.12. The minimum atomic E-state index is -0.0208. The van der Waals surface area contributed by atoms with E-state index in [9.17, 15) is 4.79 Å². The van der Waals surface area contributed by atoms with Gasteiger partial charge < -0.3 is 9.88 Å². The van der Waals surface area contributed by atoms with Gasteiger partial charge in [-0.05, 0) is 59.1 Å². The molecule has 0 fully saturated rings. The first-order valence-electron chi connectivity index (χ1n) is 7.25. The van der Waals surface area contributed by atoms with Gasteiger partial charge in [-0.15, -0.1) is 0 Å². The van der Waals surface area contributed by atoms with Gasteiger partial charge in [0.25, 0.3) is 5.91 Å². The summed E-state index contributed by atoms with van der Waals surface area (Å²) < 4.78 is 2.66. The van der Waals surface area contributed by atoms with Crippen molar-refractivity contribution in [2.24, 2.45) is 0 Å². The van der Waals surface area contributed by atoms with Gasteiger partial charge in [0.2, 0.25) is 0 Å². The third-order valence-electron chi connectivity index (χ3n) is 4.28. The molecule has 3 aromatic heterocycles. The molecule has 1 aliphatic rings. The van der Waals surface area contributed by atoms with Crippen molar-refractivity contribution < 1.29 is 4.79 Å². The van der Waals surface area contributed by atoms with Crippen LogP contribution in [-0.2, 0) is 6.42 Å². The van der Waals surface area contributed by atoms with Gasteiger partial charge >= 0.3 is 0 Å². The standard InChI is InChI=1S/C16H15BrN4O/c1-10-15-11(4-6-18-15)5-7-20(10)16(22)14-8-13-3-2-12(17)9-21(13)19-14/h2-4,6,8-10,18H,5,7H2,1H3. The van der Waals surface area contributed by atoms with E-state index in [0.717, 1.165) is 28.6 Å². The van der Waals surface area contributed by atoms with Gasteiger partial charge in [0.05, 0.1) is 11.6 Å². The molecule has 5 nitrogen and oxygen atoms in total. The molecule has 0 aromatic carbocycles. The van der Waals surface area contributed by atoms with Crippen molar-refractivity contribution in [3.63, 3.8) is 0 Å². The van der Waals surface area contributed by atoms with Gasteiger partial charge in [-0.25, -0.2) is 4.52 Å². The van der Waals surface area contributed by atoms with Crippen LogP contribution in [0.1, 0.15) is 34.7 Å². The van der Waals surface area contributed by atoms with Crippen LogP contribution in [0.5, 0.6) is 0 Å². The summed E-state index contributed by atoms with van der Waals surface area (Å²) in [7, 11) is 0. The zero-order chi connectivity index (χ0) is 15.3. The van der Waals surface area contributed by atoms with Crippen molar-refractivity contribution in [1.82, 2.24) is 19.5 Å². The number of carbonyl (C=O) groups excluding carboxylic acids is 1. The second kappa shape index (κ2) is 4.98. The molecule has 22 heavy (non-hydrogen) atoms. The van der Waals surface area contributed by atoms with Gasteiger partial charge in [0.15, 0.2) is 5.69 Å². The summed E-state index contributed by atoms with van der Waals surface area (Å²) in [6.45, 7) is 2.78. The second-order valence-corrected chi connectivity index (χ2v) is 6.50. The van der Waals surface area contributed by atoms with Gasteiger partial charge in [0.1, 0.15) is 0 Å². The number of aromatic nitrogens is 3. The molecule has 1 unspecified atom stereocenters. The summed E-state index contributed by atoms with van der Waals surface area (Å²) in [5.74, 6) is -0.0208. The Morgan fingerprint density at radius 1 is 1.41 bits per heavy atom. The zero-order valence-corrected chi connectivity index (χ0v) is 13.7. The summed E-state index contributed by atoms with van der Waals surface area (Å²) in [6.07, 6.45) is 4.68. The Hall–Kier alpha value is -2.08. The lowest BCUT2D eigenvalue weighted by Crippen LogP contribution is -2.39. The predicted octanol–water partition coefficient (Wildman–Crippen LogP) is 3.18. The Bertz CT molecular complexity index is 866. The number of halogens is 1. The highest BCUT2D eigenvalue weighted by molar-refractivity contribution is 9.10. The van der Waals surface area contributed by atoms with E-state index >= 15 is 0 Å². The van der Waals surface area contributed by atoms with Gasteiger partial charge in [-0.3, -0.25) is 4.79 Å². The predicted molar refractivity (Wildman–Crippen MR) is 86.8 cm³/mol. The normalized spacial score (nSPS) is 17.7. The van der Waals surface area contributed by atoms with Crippen LogP contribution in [0.25, 0.3) is 5.52 Å². The Kier molecular flexibility index (Phi) is 3.07. The van der Waals surface area contributed by atoms with Crippen molar-refractivity contribution >= 4 is 27.4 Å². The smallest absolute Gasteiger partial charge is 0.274 e. The molecule has 112 valence electrons. The molecule has 1 aliphatic heterocycles. The fourth-order valence-corrected chi connectivity index (χ4v) is 3.43. The second-order valence-electron chi connectivity index (χ2n) is 5.59. The molecule has 1 amide bonds. The maximum Gasteiger partial charge on any atom is 0.274 e. The van der Waals surface area contributed by atoms with Crippen molar-refractivity contribution in [2.45, 2.75) is 19.4 Å². The van der Waals surface area contributed by atoms with Crippen LogP contribution in [0.4, 0.5) is 0 Å². The van der Waals surface area contributed by atoms with Crippen molar-refractivity contribution in [3.8, 4) is 0 Å². The fourth-order valence-electron chi connectivity index (χ4n) is 3.10. The number of pyridine rings is 1. The maximum absolute atomic E-state index is 12.8. The lowest BCUT2D eigenvalue weighted by atomic mass is 10.0. The number of carbonyl (C=O) groups is 1. The van der Waals surface area contributed by atoms with Crippen LogP contribution in [0.15, 0.2) is 41.1 Å². The maximum atomic E-state index is 12.8. The van der Waals surface area contributed by atoms with E-state index in [1.807, 2.05) is 35.5 Å². The summed E-state index contributed by atoms with van der Waals surface area (Å²) in [4.78, 5) is 18.0. The molecular weight excluding hydrogens is 344 g/mol. The number of nitrogens with one attached hydrogen (secondary N) is 1. The molecule has 6 heteroatoms. The first-order valence-corrected chi connectivity index (χ1v) is 8.05. The molecule has 0 bridgehead atoms. The number of fused-ring (bicyclic) bond motifs is 2. The van der Waals surface area contributed by atoms with Crippen LogP contribution in [0.2, 0.25) is 0 Å². The van der Waals surface area contributed by atoms with Crippen molar-refractivity contribution in [1.29, 1.82) is 0 Å². The number of aromatic amines is 1. The van der Waals surface area contributed by atoms with E-state index in [4.69, 9.17) is 0 Å². The van der Waals surface area contributed by atoms with Crippen LogP contribution in [-0.4, -0.2) is 31.9 Å². The number of nitrogens with zero attached hydrogens (tertiary/aromatic N) is 3. The third kappa shape index (κ3) is 2.06. The average molecular weight is 359 g/mol. The molecule has 0 saturated carbocycles. The molecule has 1 N–H and O–H groups in total. The summed E-state index contributed by atoms with van der Waals surface area (Å²) >= 11 is 3.42. The summed E-state index contributed by atoms with van der Waals surface area (Å²) in [5.41, 5.74) is 3.83. The highest BCUT2D eigenvalue weighted by Crippen LogP contribution is 2.29. The van der Waals surface area contributed by atoms with Crippen molar-refractivity contribution in [3.05, 3.63) is 58.1 Å². The Morgan fingerprint density at radius 3 is 3.14 bits per heavy atom. The van der Waals surface area contributed by atoms with Crippen LogP contribution in [0.3, 0.4) is 0 Å². The molecule has 3 aromatic rings. The Morgan fingerprint density at radius 2 is 2.27 bits per heavy atom. The summed E-state index contributed by atoms with van der Waals surface area (Å²) in [5, 5.41) is 4.41. The zero-order valence-electron chi connectivity index (χ0n) is 12.1. The van der Waals surface area contributed by atoms with E-state index in [1.165, 1.54) is 5.56 Å². The molecular formula is C16H15BrN4O.